The van der Waals surface area contributed by atoms with Crippen molar-refractivity contribution in [3.05, 3.63) is 58.6 Å². The van der Waals surface area contributed by atoms with E-state index < -0.39 is 29.8 Å². The maximum atomic E-state index is 12.4. The first-order valence-corrected chi connectivity index (χ1v) is 8.92. The molecule has 0 aliphatic rings. The molecule has 0 bridgehead atoms. The molecule has 29 heavy (non-hydrogen) atoms. The molecule has 0 saturated heterocycles. The van der Waals surface area contributed by atoms with Crippen molar-refractivity contribution in [2.24, 2.45) is 0 Å². The molecule has 0 radical (unpaired) electrons. The smallest absolute Gasteiger partial charge is 0.326 e. The Labute approximate surface area is 171 Å². The largest absolute Gasteiger partial charge is 0.480 e. The van der Waals surface area contributed by atoms with Gasteiger partial charge >= 0.3 is 11.9 Å². The molecular formula is C20H19ClN2O6. The van der Waals surface area contributed by atoms with Gasteiger partial charge < -0.3 is 20.5 Å². The van der Waals surface area contributed by atoms with Gasteiger partial charge in [0.25, 0.3) is 5.91 Å². The Morgan fingerprint density at radius 3 is 2.38 bits per heavy atom. The fraction of sp³-hybridized carbons (Fsp3) is 0.200. The zero-order valence-corrected chi connectivity index (χ0v) is 16.4. The van der Waals surface area contributed by atoms with Crippen molar-refractivity contribution in [2.45, 2.75) is 26.3 Å². The lowest BCUT2D eigenvalue weighted by molar-refractivity contribution is -0.139. The zero-order chi connectivity index (χ0) is 21.6. The second-order valence-electron chi connectivity index (χ2n) is 6.15. The number of carboxylic acid groups (broad SMARTS) is 1. The molecule has 3 N–H and O–H groups in total. The van der Waals surface area contributed by atoms with Crippen LogP contribution >= 0.6 is 11.6 Å². The average molecular weight is 419 g/mol. The molecule has 0 aromatic heterocycles. The average Bonchev–Trinajstić information content (AvgIpc) is 2.62. The van der Waals surface area contributed by atoms with Crippen LogP contribution in [0.4, 0.5) is 5.69 Å². The predicted octanol–water partition coefficient (Wildman–Crippen LogP) is 2.65. The number of amides is 2. The maximum absolute atomic E-state index is 12.4. The van der Waals surface area contributed by atoms with E-state index in [9.17, 15) is 24.3 Å². The molecular weight excluding hydrogens is 400 g/mol. The molecule has 0 aliphatic heterocycles. The van der Waals surface area contributed by atoms with Gasteiger partial charge in [0.05, 0.1) is 16.3 Å². The van der Waals surface area contributed by atoms with Gasteiger partial charge in [-0.2, -0.15) is 0 Å². The minimum absolute atomic E-state index is 0.0710. The number of carbonyl (C=O) groups excluding carboxylic acids is 3. The molecule has 152 valence electrons. The Morgan fingerprint density at radius 1 is 1.10 bits per heavy atom. The summed E-state index contributed by atoms with van der Waals surface area (Å²) in [6.07, 6.45) is -0.0710. The van der Waals surface area contributed by atoms with Crippen LogP contribution in [0.2, 0.25) is 5.02 Å². The number of carboxylic acids is 1. The number of ether oxygens (including phenoxy) is 1. The topological polar surface area (TPSA) is 122 Å². The van der Waals surface area contributed by atoms with Gasteiger partial charge in [-0.05, 0) is 29.8 Å². The van der Waals surface area contributed by atoms with Crippen molar-refractivity contribution in [1.29, 1.82) is 0 Å². The summed E-state index contributed by atoms with van der Waals surface area (Å²) in [5, 5.41) is 14.7. The third-order valence-corrected chi connectivity index (χ3v) is 4.10. The van der Waals surface area contributed by atoms with Crippen LogP contribution in [0.1, 0.15) is 29.8 Å². The SMILES string of the molecule is CC(=O)Nc1cc(C[C@H](NC(=O)c2ccccc2Cl)C(=O)O)ccc1OC(C)=O. The second kappa shape index (κ2) is 9.70. The minimum Gasteiger partial charge on any atom is -0.480 e. The first-order chi connectivity index (χ1) is 13.7. The van der Waals surface area contributed by atoms with Crippen molar-refractivity contribution in [3.63, 3.8) is 0 Å². The van der Waals surface area contributed by atoms with Crippen molar-refractivity contribution in [2.75, 3.05) is 5.32 Å². The van der Waals surface area contributed by atoms with Crippen LogP contribution < -0.4 is 15.4 Å². The Bertz CT molecular complexity index is 960. The Balaban J connectivity index is 2.24. The summed E-state index contributed by atoms with van der Waals surface area (Å²) >= 11 is 5.98. The summed E-state index contributed by atoms with van der Waals surface area (Å²) in [6, 6.07) is 9.50. The van der Waals surface area contributed by atoms with E-state index in [1.807, 2.05) is 0 Å². The molecule has 0 fully saturated rings. The fourth-order valence-electron chi connectivity index (χ4n) is 2.55. The summed E-state index contributed by atoms with van der Waals surface area (Å²) in [5.74, 6) is -2.70. The summed E-state index contributed by atoms with van der Waals surface area (Å²) in [4.78, 5) is 46.7. The number of esters is 1. The summed E-state index contributed by atoms with van der Waals surface area (Å²) in [7, 11) is 0. The van der Waals surface area contributed by atoms with Crippen LogP contribution in [0.3, 0.4) is 0 Å². The second-order valence-corrected chi connectivity index (χ2v) is 6.56. The molecule has 0 unspecified atom stereocenters. The van der Waals surface area contributed by atoms with Gasteiger partial charge in [0.1, 0.15) is 6.04 Å². The Hall–Kier alpha value is -3.39. The number of hydrogen-bond acceptors (Lipinski definition) is 5. The van der Waals surface area contributed by atoms with Gasteiger partial charge in [-0.15, -0.1) is 0 Å². The monoisotopic (exact) mass is 418 g/mol. The van der Waals surface area contributed by atoms with E-state index in [0.29, 0.717) is 5.56 Å². The first-order valence-electron chi connectivity index (χ1n) is 8.54. The lowest BCUT2D eigenvalue weighted by Gasteiger charge is -2.17. The van der Waals surface area contributed by atoms with Gasteiger partial charge in [-0.3, -0.25) is 14.4 Å². The number of anilines is 1. The number of halogens is 1. The van der Waals surface area contributed by atoms with Crippen LogP contribution in [0.25, 0.3) is 0 Å². The van der Waals surface area contributed by atoms with Crippen LogP contribution in [0, 0.1) is 0 Å². The number of aliphatic carboxylic acids is 1. The van der Waals surface area contributed by atoms with Gasteiger partial charge in [0.2, 0.25) is 5.91 Å². The van der Waals surface area contributed by atoms with Crippen LogP contribution in [0.5, 0.6) is 5.75 Å². The molecule has 2 aromatic rings. The van der Waals surface area contributed by atoms with E-state index in [2.05, 4.69) is 10.6 Å². The van der Waals surface area contributed by atoms with Gasteiger partial charge in [0.15, 0.2) is 5.75 Å². The number of rotatable bonds is 7. The van der Waals surface area contributed by atoms with Crippen LogP contribution in [0.15, 0.2) is 42.5 Å². The van der Waals surface area contributed by atoms with Crippen molar-refractivity contribution < 1.29 is 29.0 Å². The molecule has 2 aromatic carbocycles. The van der Waals surface area contributed by atoms with E-state index >= 15 is 0 Å². The van der Waals surface area contributed by atoms with E-state index in [0.717, 1.165) is 0 Å². The number of benzene rings is 2. The van der Waals surface area contributed by atoms with E-state index in [1.165, 1.54) is 38.1 Å². The summed E-state index contributed by atoms with van der Waals surface area (Å²) < 4.78 is 5.03. The molecule has 8 nitrogen and oxygen atoms in total. The molecule has 1 atom stereocenters. The molecule has 0 saturated carbocycles. The van der Waals surface area contributed by atoms with Gasteiger partial charge in [0, 0.05) is 20.3 Å². The third kappa shape index (κ3) is 6.32. The standard InChI is InChI=1S/C20H19ClN2O6/c1-11(24)22-16-9-13(7-8-18(16)29-12(2)25)10-17(20(27)28)23-19(26)14-5-3-4-6-15(14)21/h3-9,17H,10H2,1-2H3,(H,22,24)(H,23,26)(H,27,28)/t17-/m0/s1. The van der Waals surface area contributed by atoms with Crippen molar-refractivity contribution in [3.8, 4) is 5.75 Å². The highest BCUT2D eigenvalue weighted by molar-refractivity contribution is 6.33. The molecule has 0 spiro atoms. The number of nitrogens with one attached hydrogen (secondary N) is 2. The Morgan fingerprint density at radius 2 is 1.79 bits per heavy atom. The lowest BCUT2D eigenvalue weighted by Crippen LogP contribution is -2.42. The molecule has 0 aliphatic carbocycles. The van der Waals surface area contributed by atoms with Crippen LogP contribution in [-0.2, 0) is 20.8 Å². The van der Waals surface area contributed by atoms with E-state index in [-0.39, 0.29) is 28.4 Å². The Kier molecular flexibility index (Phi) is 7.33. The summed E-state index contributed by atoms with van der Waals surface area (Å²) in [5.41, 5.74) is 0.868. The minimum atomic E-state index is -1.25. The zero-order valence-electron chi connectivity index (χ0n) is 15.7. The summed E-state index contributed by atoms with van der Waals surface area (Å²) in [6.45, 7) is 2.50. The molecule has 2 rings (SSSR count). The first kappa shape index (κ1) is 21.9. The normalized spacial score (nSPS) is 11.3. The molecule has 2 amide bonds. The highest BCUT2D eigenvalue weighted by atomic mass is 35.5. The highest BCUT2D eigenvalue weighted by Gasteiger charge is 2.23. The quantitative estimate of drug-likeness (QED) is 0.469. The van der Waals surface area contributed by atoms with E-state index in [4.69, 9.17) is 16.3 Å². The third-order valence-electron chi connectivity index (χ3n) is 3.77. The van der Waals surface area contributed by atoms with Crippen molar-refractivity contribution in [1.82, 2.24) is 5.32 Å². The van der Waals surface area contributed by atoms with E-state index in [1.54, 1.807) is 18.2 Å². The lowest BCUT2D eigenvalue weighted by atomic mass is 10.0. The number of carbonyl (C=O) groups is 4. The van der Waals surface area contributed by atoms with Crippen LogP contribution in [-0.4, -0.2) is 34.9 Å². The molecule has 9 heteroatoms. The number of hydrogen-bond donors (Lipinski definition) is 3. The predicted molar refractivity (Wildman–Crippen MR) is 106 cm³/mol. The van der Waals surface area contributed by atoms with Gasteiger partial charge in [-0.1, -0.05) is 29.8 Å². The fourth-order valence-corrected chi connectivity index (χ4v) is 2.77. The van der Waals surface area contributed by atoms with Gasteiger partial charge in [-0.25, -0.2) is 4.79 Å². The molecule has 0 heterocycles. The van der Waals surface area contributed by atoms with Crippen molar-refractivity contribution >= 4 is 41.0 Å². The maximum Gasteiger partial charge on any atom is 0.326 e. The highest BCUT2D eigenvalue weighted by Crippen LogP contribution is 2.27.